The van der Waals surface area contributed by atoms with E-state index in [1.54, 1.807) is 24.3 Å². The molecule has 0 aliphatic carbocycles. The number of nitrogens with zero attached hydrogens (tertiary/aromatic N) is 4. The maximum Gasteiger partial charge on any atom is 0.261 e. The number of likely N-dealkylation sites (N-methyl/N-ethyl adjacent to an activating group) is 2. The van der Waals surface area contributed by atoms with Crippen LogP contribution in [0.15, 0.2) is 84.9 Å². The van der Waals surface area contributed by atoms with Crippen molar-refractivity contribution in [2.75, 3.05) is 54.4 Å². The van der Waals surface area contributed by atoms with Gasteiger partial charge in [0, 0.05) is 44.2 Å². The van der Waals surface area contributed by atoms with Gasteiger partial charge in [0.1, 0.15) is 13.1 Å². The second kappa shape index (κ2) is 12.3. The first-order chi connectivity index (χ1) is 21.0. The van der Waals surface area contributed by atoms with Crippen molar-refractivity contribution < 1.29 is 45.1 Å². The van der Waals surface area contributed by atoms with E-state index in [0.717, 1.165) is 13.1 Å². The Morgan fingerprint density at radius 3 is 1.04 bits per heavy atom. The van der Waals surface area contributed by atoms with Crippen LogP contribution < -0.4 is 17.0 Å². The highest BCUT2D eigenvalue weighted by atomic mass is 79.9. The van der Waals surface area contributed by atoms with E-state index in [1.165, 1.54) is 20.9 Å². The van der Waals surface area contributed by atoms with Gasteiger partial charge in [-0.05, 0) is 24.3 Å². The first kappa shape index (κ1) is 32.2. The Hall–Kier alpha value is -4.18. The van der Waals surface area contributed by atoms with Gasteiger partial charge in [-0.1, -0.05) is 60.7 Å². The van der Waals surface area contributed by atoms with Crippen LogP contribution in [-0.4, -0.2) is 96.8 Å². The molecule has 6 rings (SSSR count). The summed E-state index contributed by atoms with van der Waals surface area (Å²) in [5.74, 6) is -1.58. The van der Waals surface area contributed by atoms with Gasteiger partial charge >= 0.3 is 0 Å². The second-order valence-electron chi connectivity index (χ2n) is 13.2. The molecule has 0 radical (unpaired) electrons. The van der Waals surface area contributed by atoms with Gasteiger partial charge in [-0.25, -0.2) is 0 Å². The number of hydrogen-bond donors (Lipinski definition) is 0. The Bertz CT molecular complexity index is 1600. The highest BCUT2D eigenvalue weighted by Gasteiger charge is 2.40. The van der Waals surface area contributed by atoms with Crippen LogP contribution in [0.4, 0.5) is 0 Å². The number of benzene rings is 4. The Morgan fingerprint density at radius 1 is 0.467 bits per heavy atom. The molecule has 232 valence electrons. The quantitative estimate of drug-likeness (QED) is 0.190. The van der Waals surface area contributed by atoms with Gasteiger partial charge in [0.15, 0.2) is 0 Å². The average Bonchev–Trinajstić information content (AvgIpc) is 2.99. The van der Waals surface area contributed by atoms with E-state index < -0.39 is 23.6 Å². The van der Waals surface area contributed by atoms with E-state index in [2.05, 4.69) is 52.5 Å². The van der Waals surface area contributed by atoms with Crippen LogP contribution in [0.3, 0.4) is 0 Å². The molecule has 0 atom stereocenters. The number of carbonyl (C=O) groups excluding carboxylic acids is 4. The van der Waals surface area contributed by atoms with E-state index in [-0.39, 0.29) is 30.1 Å². The largest absolute Gasteiger partial charge is 1.00 e. The summed E-state index contributed by atoms with van der Waals surface area (Å²) < 4.78 is 1.20. The van der Waals surface area contributed by atoms with E-state index in [1.807, 2.05) is 36.4 Å². The normalized spacial score (nSPS) is 14.7. The molecule has 9 heteroatoms. The fourth-order valence-electron chi connectivity index (χ4n) is 6.44. The molecule has 2 aliphatic heterocycles. The molecule has 0 unspecified atom stereocenters. The first-order valence-corrected chi connectivity index (χ1v) is 15.0. The van der Waals surface area contributed by atoms with Gasteiger partial charge in [-0.3, -0.25) is 29.0 Å². The lowest BCUT2D eigenvalue weighted by molar-refractivity contribution is -0.902. The van der Waals surface area contributed by atoms with Crippen LogP contribution in [0, 0.1) is 0 Å². The SMILES string of the molecule is C[N+](C)(CCN1C(=O)c2ccc3c4c(ccc(c24)C1=O)C(=O)N(CC[N+](C)(C)Cc1ccccc1)C3=O)Cc1ccccc1.[Br-]. The smallest absolute Gasteiger partial charge is 0.261 e. The molecule has 0 saturated heterocycles. The number of carbonyl (C=O) groups is 4. The summed E-state index contributed by atoms with van der Waals surface area (Å²) in [5, 5.41) is 0.816. The lowest BCUT2D eigenvalue weighted by Gasteiger charge is -2.35. The summed E-state index contributed by atoms with van der Waals surface area (Å²) in [6.07, 6.45) is 0. The Morgan fingerprint density at radius 2 is 0.756 bits per heavy atom. The van der Waals surface area contributed by atoms with Crippen LogP contribution in [0.2, 0.25) is 0 Å². The number of amides is 4. The number of imide groups is 2. The van der Waals surface area contributed by atoms with Gasteiger partial charge < -0.3 is 25.9 Å². The third kappa shape index (κ3) is 6.20. The van der Waals surface area contributed by atoms with Crippen molar-refractivity contribution in [2.45, 2.75) is 13.1 Å². The molecular weight excluding hydrogens is 632 g/mol. The Labute approximate surface area is 274 Å². The summed E-state index contributed by atoms with van der Waals surface area (Å²) in [6, 6.07) is 26.8. The third-order valence-corrected chi connectivity index (χ3v) is 8.83. The van der Waals surface area contributed by atoms with E-state index in [4.69, 9.17) is 0 Å². The van der Waals surface area contributed by atoms with Crippen LogP contribution in [0.1, 0.15) is 52.6 Å². The fourth-order valence-corrected chi connectivity index (χ4v) is 6.44. The van der Waals surface area contributed by atoms with Crippen molar-refractivity contribution in [3.8, 4) is 0 Å². The molecule has 0 spiro atoms. The average molecular weight is 671 g/mol. The van der Waals surface area contributed by atoms with Gasteiger partial charge in [0.2, 0.25) is 0 Å². The predicted molar refractivity (Wildman–Crippen MR) is 169 cm³/mol. The third-order valence-electron chi connectivity index (χ3n) is 8.83. The first-order valence-electron chi connectivity index (χ1n) is 15.0. The van der Waals surface area contributed by atoms with Gasteiger partial charge in [0.05, 0.1) is 54.4 Å². The maximum absolute atomic E-state index is 13.7. The van der Waals surface area contributed by atoms with Crippen LogP contribution in [0.25, 0.3) is 10.8 Å². The maximum atomic E-state index is 13.7. The summed E-state index contributed by atoms with van der Waals surface area (Å²) in [6.45, 7) is 3.19. The summed E-state index contributed by atoms with van der Waals surface area (Å²) in [5.41, 5.74) is 3.76. The zero-order valence-corrected chi connectivity index (χ0v) is 27.7. The lowest BCUT2D eigenvalue weighted by Crippen LogP contribution is -3.00. The van der Waals surface area contributed by atoms with Crippen LogP contribution in [0.5, 0.6) is 0 Å². The summed E-state index contributed by atoms with van der Waals surface area (Å²) in [7, 11) is 8.32. The van der Waals surface area contributed by atoms with Crippen molar-refractivity contribution in [3.63, 3.8) is 0 Å². The minimum Gasteiger partial charge on any atom is -1.00 e. The molecule has 2 aliphatic rings. The van der Waals surface area contributed by atoms with Gasteiger partial charge in [-0.2, -0.15) is 0 Å². The highest BCUT2D eigenvalue weighted by molar-refractivity contribution is 6.33. The van der Waals surface area contributed by atoms with E-state index in [9.17, 15) is 19.2 Å². The summed E-state index contributed by atoms with van der Waals surface area (Å²) in [4.78, 5) is 57.5. The number of hydrogen-bond acceptors (Lipinski definition) is 4. The standard InChI is InChI=1S/C36H38N4O4.BrH/c1-39(2,23-25-11-7-5-8-12-25)21-19-37-33(41)27-15-17-29-32-30(18-16-28(31(27)32)34(37)42)36(44)38(35(29)43)20-22-40(3,4)24-26-13-9-6-10-14-26;/h5-18H,19-24H2,1-4H3;1H/q+2;/p-1. The molecule has 4 aromatic rings. The molecule has 0 N–H and O–H groups in total. The zero-order valence-electron chi connectivity index (χ0n) is 26.1. The minimum atomic E-state index is -0.395. The zero-order chi connectivity index (χ0) is 31.2. The molecule has 0 bridgehead atoms. The number of rotatable bonds is 10. The van der Waals surface area contributed by atoms with Gasteiger partial charge in [0.25, 0.3) is 23.6 Å². The molecule has 4 aromatic carbocycles. The Balaban J connectivity index is 0.00000400. The van der Waals surface area contributed by atoms with E-state index in [0.29, 0.717) is 55.1 Å². The van der Waals surface area contributed by atoms with Crippen molar-refractivity contribution in [1.29, 1.82) is 0 Å². The van der Waals surface area contributed by atoms with Crippen molar-refractivity contribution >= 4 is 34.4 Å². The second-order valence-corrected chi connectivity index (χ2v) is 13.2. The minimum absolute atomic E-state index is 0. The molecule has 0 saturated carbocycles. The monoisotopic (exact) mass is 669 g/mol. The van der Waals surface area contributed by atoms with Gasteiger partial charge in [-0.15, -0.1) is 0 Å². The molecule has 4 amide bonds. The fraction of sp³-hybridized carbons (Fsp3) is 0.278. The molecule has 0 aromatic heterocycles. The van der Waals surface area contributed by atoms with Crippen molar-refractivity contribution in [3.05, 3.63) is 118 Å². The lowest BCUT2D eigenvalue weighted by atomic mass is 9.86. The van der Waals surface area contributed by atoms with Crippen LogP contribution in [-0.2, 0) is 13.1 Å². The molecule has 0 fully saturated rings. The topological polar surface area (TPSA) is 74.8 Å². The molecule has 45 heavy (non-hydrogen) atoms. The Kier molecular flexibility index (Phi) is 8.81. The number of quaternary nitrogens is 2. The van der Waals surface area contributed by atoms with E-state index >= 15 is 0 Å². The summed E-state index contributed by atoms with van der Waals surface area (Å²) >= 11 is 0. The van der Waals surface area contributed by atoms with Crippen LogP contribution >= 0.6 is 0 Å². The molecular formula is C36H38BrN4O4+. The molecule has 2 heterocycles. The molecule has 8 nitrogen and oxygen atoms in total. The number of halogens is 1. The highest BCUT2D eigenvalue weighted by Crippen LogP contribution is 2.38. The predicted octanol–water partition coefficient (Wildman–Crippen LogP) is 1.59. The van der Waals surface area contributed by atoms with Crippen molar-refractivity contribution in [2.24, 2.45) is 0 Å². The van der Waals surface area contributed by atoms with Crippen molar-refractivity contribution in [1.82, 2.24) is 9.80 Å².